The summed E-state index contributed by atoms with van der Waals surface area (Å²) in [7, 11) is -3.55. The van der Waals surface area contributed by atoms with E-state index in [4.69, 9.17) is 16.3 Å². The summed E-state index contributed by atoms with van der Waals surface area (Å²) in [5.41, 5.74) is 0.640. The molecule has 11 heteroatoms. The van der Waals surface area contributed by atoms with E-state index in [1.807, 2.05) is 0 Å². The van der Waals surface area contributed by atoms with Gasteiger partial charge in [0.25, 0.3) is 11.6 Å². The van der Waals surface area contributed by atoms with E-state index in [-0.39, 0.29) is 27.7 Å². The van der Waals surface area contributed by atoms with Crippen molar-refractivity contribution in [3.05, 3.63) is 68.7 Å². The molecule has 1 fully saturated rings. The van der Waals surface area contributed by atoms with Gasteiger partial charge in [-0.05, 0) is 30.2 Å². The van der Waals surface area contributed by atoms with Crippen molar-refractivity contribution in [1.29, 1.82) is 0 Å². The summed E-state index contributed by atoms with van der Waals surface area (Å²) < 4.78 is 31.8. The minimum absolute atomic E-state index is 0.0258. The highest BCUT2D eigenvalue weighted by Gasteiger charge is 2.26. The molecule has 1 saturated heterocycles. The first-order valence-corrected chi connectivity index (χ1v) is 11.0. The molecular weight excluding hydrogens is 434 g/mol. The number of amides is 1. The molecule has 1 amide bonds. The first kappa shape index (κ1) is 22.2. The minimum atomic E-state index is -3.55. The Morgan fingerprint density at radius 2 is 1.83 bits per heavy atom. The highest BCUT2D eigenvalue weighted by Crippen LogP contribution is 2.22. The third-order valence-electron chi connectivity index (χ3n) is 4.64. The van der Waals surface area contributed by atoms with E-state index < -0.39 is 20.9 Å². The lowest BCUT2D eigenvalue weighted by atomic mass is 10.1. The monoisotopic (exact) mass is 453 g/mol. The fourth-order valence-electron chi connectivity index (χ4n) is 2.98. The molecule has 2 aromatic carbocycles. The number of nitro groups is 1. The number of hydrogen-bond acceptors (Lipinski definition) is 6. The third-order valence-corrected chi connectivity index (χ3v) is 6.88. The van der Waals surface area contributed by atoms with Crippen LogP contribution < -0.4 is 5.32 Å². The van der Waals surface area contributed by atoms with Crippen LogP contribution in [0.15, 0.2) is 47.4 Å². The molecular formula is C19H20ClN3O6S. The molecule has 0 spiro atoms. The number of carbonyl (C=O) groups is 1. The molecule has 1 N–H and O–H groups in total. The van der Waals surface area contributed by atoms with Gasteiger partial charge in [0.05, 0.1) is 33.6 Å². The molecule has 3 rings (SSSR count). The molecule has 0 bridgehead atoms. The van der Waals surface area contributed by atoms with Crippen molar-refractivity contribution >= 4 is 33.2 Å². The predicted molar refractivity (Wildman–Crippen MR) is 110 cm³/mol. The van der Waals surface area contributed by atoms with Gasteiger partial charge in [0, 0.05) is 31.8 Å². The number of benzene rings is 2. The van der Waals surface area contributed by atoms with E-state index in [1.165, 1.54) is 16.4 Å². The van der Waals surface area contributed by atoms with Crippen LogP contribution in [-0.4, -0.2) is 56.4 Å². The smallest absolute Gasteiger partial charge is 0.270 e. The van der Waals surface area contributed by atoms with Crippen molar-refractivity contribution in [2.45, 2.75) is 11.3 Å². The third kappa shape index (κ3) is 5.14. The Balaban J connectivity index is 1.59. The molecule has 9 nitrogen and oxygen atoms in total. The number of morpholine rings is 1. The maximum absolute atomic E-state index is 12.6. The first-order valence-electron chi connectivity index (χ1n) is 9.18. The zero-order valence-electron chi connectivity index (χ0n) is 15.9. The maximum atomic E-state index is 12.6. The van der Waals surface area contributed by atoms with Crippen molar-refractivity contribution in [3.8, 4) is 0 Å². The lowest BCUT2D eigenvalue weighted by Gasteiger charge is -2.26. The normalized spacial score (nSPS) is 15.0. The first-order chi connectivity index (χ1) is 14.3. The van der Waals surface area contributed by atoms with Crippen LogP contribution in [0.3, 0.4) is 0 Å². The van der Waals surface area contributed by atoms with Gasteiger partial charge in [0.15, 0.2) is 0 Å². The quantitative estimate of drug-likeness (QED) is 0.507. The van der Waals surface area contributed by atoms with Crippen molar-refractivity contribution in [3.63, 3.8) is 0 Å². The molecule has 160 valence electrons. The Kier molecular flexibility index (Phi) is 7.03. The van der Waals surface area contributed by atoms with Crippen LogP contribution in [0.2, 0.25) is 5.02 Å². The molecule has 30 heavy (non-hydrogen) atoms. The van der Waals surface area contributed by atoms with Gasteiger partial charge in [0.1, 0.15) is 0 Å². The molecule has 1 heterocycles. The van der Waals surface area contributed by atoms with Gasteiger partial charge in [-0.2, -0.15) is 4.31 Å². The second-order valence-corrected chi connectivity index (χ2v) is 8.93. The molecule has 0 aliphatic carbocycles. The zero-order valence-corrected chi connectivity index (χ0v) is 17.5. The predicted octanol–water partition coefficient (Wildman–Crippen LogP) is 2.24. The summed E-state index contributed by atoms with van der Waals surface area (Å²) in [4.78, 5) is 22.8. The maximum Gasteiger partial charge on any atom is 0.270 e. The molecule has 2 aromatic rings. The van der Waals surface area contributed by atoms with Crippen LogP contribution >= 0.6 is 11.6 Å². The van der Waals surface area contributed by atoms with Crippen molar-refractivity contribution < 1.29 is 22.9 Å². The minimum Gasteiger partial charge on any atom is -0.379 e. The lowest BCUT2D eigenvalue weighted by molar-refractivity contribution is -0.384. The van der Waals surface area contributed by atoms with Gasteiger partial charge in [-0.25, -0.2) is 8.42 Å². The van der Waals surface area contributed by atoms with Gasteiger partial charge < -0.3 is 10.1 Å². The Bertz CT molecular complexity index is 1040. The average molecular weight is 454 g/mol. The number of rotatable bonds is 7. The van der Waals surface area contributed by atoms with E-state index in [0.717, 1.165) is 11.6 Å². The topological polar surface area (TPSA) is 119 Å². The van der Waals surface area contributed by atoms with E-state index in [2.05, 4.69) is 5.32 Å². The highest BCUT2D eigenvalue weighted by atomic mass is 35.5. The highest BCUT2D eigenvalue weighted by molar-refractivity contribution is 7.89. The van der Waals surface area contributed by atoms with Gasteiger partial charge in [0.2, 0.25) is 10.0 Å². The molecule has 1 aliphatic heterocycles. The fourth-order valence-corrected chi connectivity index (χ4v) is 4.59. The molecule has 1 aliphatic rings. The number of carbonyl (C=O) groups excluding carboxylic acids is 1. The lowest BCUT2D eigenvalue weighted by Crippen LogP contribution is -2.40. The van der Waals surface area contributed by atoms with E-state index >= 15 is 0 Å². The summed E-state index contributed by atoms with van der Waals surface area (Å²) >= 11 is 5.96. The Morgan fingerprint density at radius 1 is 1.17 bits per heavy atom. The van der Waals surface area contributed by atoms with Gasteiger partial charge in [-0.3, -0.25) is 14.9 Å². The Hall–Kier alpha value is -2.53. The molecule has 0 atom stereocenters. The summed E-state index contributed by atoms with van der Waals surface area (Å²) in [6, 6.07) is 10.1. The van der Waals surface area contributed by atoms with Crippen LogP contribution in [0.5, 0.6) is 0 Å². The SMILES string of the molecule is O=C(NCCc1ccc(S(=O)(=O)N2CCOCC2)cc1)c1cc([N+](=O)[O-])ccc1Cl. The van der Waals surface area contributed by atoms with Gasteiger partial charge in [-0.1, -0.05) is 23.7 Å². The van der Waals surface area contributed by atoms with Gasteiger partial charge >= 0.3 is 0 Å². The number of halogens is 1. The van der Waals surface area contributed by atoms with Crippen LogP contribution in [0.1, 0.15) is 15.9 Å². The number of hydrogen-bond donors (Lipinski definition) is 1. The van der Waals surface area contributed by atoms with E-state index in [1.54, 1.807) is 24.3 Å². The molecule has 0 aromatic heterocycles. The van der Waals surface area contributed by atoms with E-state index in [0.29, 0.717) is 32.7 Å². The number of nitrogens with one attached hydrogen (secondary N) is 1. The zero-order chi connectivity index (χ0) is 21.7. The van der Waals surface area contributed by atoms with Crippen molar-refractivity contribution in [2.24, 2.45) is 0 Å². The van der Waals surface area contributed by atoms with Crippen LogP contribution in [0, 0.1) is 10.1 Å². The number of non-ortho nitro benzene ring substituents is 1. The van der Waals surface area contributed by atoms with Crippen LogP contribution in [0.25, 0.3) is 0 Å². The number of sulfonamides is 1. The van der Waals surface area contributed by atoms with E-state index in [9.17, 15) is 23.3 Å². The Morgan fingerprint density at radius 3 is 2.47 bits per heavy atom. The van der Waals surface area contributed by atoms with Crippen LogP contribution in [-0.2, 0) is 21.2 Å². The number of nitro benzene ring substituents is 1. The summed E-state index contributed by atoms with van der Waals surface area (Å²) in [5.74, 6) is -0.518. The molecule has 0 unspecified atom stereocenters. The van der Waals surface area contributed by atoms with Crippen LogP contribution in [0.4, 0.5) is 5.69 Å². The summed E-state index contributed by atoms with van der Waals surface area (Å²) in [5, 5.41) is 13.6. The summed E-state index contributed by atoms with van der Waals surface area (Å²) in [6.07, 6.45) is 0.455. The van der Waals surface area contributed by atoms with Gasteiger partial charge in [-0.15, -0.1) is 0 Å². The Labute approximate surface area is 178 Å². The van der Waals surface area contributed by atoms with Crippen molar-refractivity contribution in [2.75, 3.05) is 32.8 Å². The largest absolute Gasteiger partial charge is 0.379 e. The second kappa shape index (κ2) is 9.52. The summed E-state index contributed by atoms with van der Waals surface area (Å²) in [6.45, 7) is 1.68. The number of nitrogens with zero attached hydrogens (tertiary/aromatic N) is 2. The second-order valence-electron chi connectivity index (χ2n) is 6.59. The molecule has 0 radical (unpaired) electrons. The molecule has 0 saturated carbocycles. The standard InChI is InChI=1S/C19H20ClN3O6S/c20-18-6-3-15(23(25)26)13-17(18)19(24)21-8-7-14-1-4-16(5-2-14)30(27,28)22-9-11-29-12-10-22/h1-6,13H,7-12H2,(H,21,24). The fraction of sp³-hybridized carbons (Fsp3) is 0.316. The average Bonchev–Trinajstić information content (AvgIpc) is 2.74. The van der Waals surface area contributed by atoms with Crippen molar-refractivity contribution in [1.82, 2.24) is 9.62 Å². The number of ether oxygens (including phenoxy) is 1.